The van der Waals surface area contributed by atoms with Crippen molar-refractivity contribution < 1.29 is 15.0 Å². The zero-order valence-electron chi connectivity index (χ0n) is 13.2. The van der Waals surface area contributed by atoms with E-state index in [2.05, 4.69) is 12.1 Å². The highest BCUT2D eigenvalue weighted by Gasteiger charge is 2.18. The topological polar surface area (TPSA) is 57.5 Å². The first kappa shape index (κ1) is 17.7. The number of carbonyl (C=O) groups excluding carboxylic acids is 1. The Morgan fingerprint density at radius 3 is 2.22 bits per heavy atom. The molecule has 0 aliphatic heterocycles. The number of aliphatic hydroxyl groups excluding tert-OH is 2. The van der Waals surface area contributed by atoms with Crippen molar-refractivity contribution >= 4 is 16.9 Å². The van der Waals surface area contributed by atoms with Crippen molar-refractivity contribution in [1.82, 2.24) is 0 Å². The van der Waals surface area contributed by atoms with E-state index in [9.17, 15) is 15.0 Å². The van der Waals surface area contributed by atoms with Crippen LogP contribution < -0.4 is 0 Å². The Bertz CT molecular complexity index is 610. The highest BCUT2D eigenvalue weighted by atomic mass is 32.2. The van der Waals surface area contributed by atoms with E-state index >= 15 is 0 Å². The van der Waals surface area contributed by atoms with Crippen molar-refractivity contribution in [3.8, 4) is 0 Å². The monoisotopic (exact) mass is 330 g/mol. The molecule has 2 atom stereocenters. The number of aliphatic hydroxyl groups is 2. The number of hydrogen-bond acceptors (Lipinski definition) is 4. The fraction of sp³-hybridized carbons (Fsp3) is 0.316. The summed E-state index contributed by atoms with van der Waals surface area (Å²) >= 11 is 1.17. The first-order chi connectivity index (χ1) is 11.1. The van der Waals surface area contributed by atoms with Gasteiger partial charge in [0.1, 0.15) is 6.10 Å². The highest BCUT2D eigenvalue weighted by Crippen LogP contribution is 2.21. The number of rotatable bonds is 7. The van der Waals surface area contributed by atoms with E-state index < -0.39 is 12.2 Å². The maximum atomic E-state index is 10.9. The van der Waals surface area contributed by atoms with Gasteiger partial charge in [0.05, 0.1) is 6.10 Å². The van der Waals surface area contributed by atoms with Crippen LogP contribution >= 0.6 is 11.8 Å². The van der Waals surface area contributed by atoms with Crippen LogP contribution in [0.1, 0.15) is 36.1 Å². The number of carbonyl (C=O) groups is 1. The second kappa shape index (κ2) is 8.87. The highest BCUT2D eigenvalue weighted by molar-refractivity contribution is 8.13. The molecule has 2 rings (SSSR count). The summed E-state index contributed by atoms with van der Waals surface area (Å²) < 4.78 is 0. The fourth-order valence-electron chi connectivity index (χ4n) is 2.37. The van der Waals surface area contributed by atoms with E-state index in [4.69, 9.17) is 0 Å². The van der Waals surface area contributed by atoms with E-state index in [1.807, 2.05) is 42.5 Å². The van der Waals surface area contributed by atoms with Gasteiger partial charge >= 0.3 is 0 Å². The van der Waals surface area contributed by atoms with Gasteiger partial charge in [-0.05, 0) is 29.5 Å². The molecule has 0 saturated heterocycles. The molecule has 0 spiro atoms. The molecule has 0 aromatic heterocycles. The van der Waals surface area contributed by atoms with Gasteiger partial charge in [-0.2, -0.15) is 0 Å². The van der Waals surface area contributed by atoms with Gasteiger partial charge in [-0.25, -0.2) is 0 Å². The Labute approximate surface area is 141 Å². The summed E-state index contributed by atoms with van der Waals surface area (Å²) in [6.45, 7) is 1.50. The second-order valence-corrected chi connectivity index (χ2v) is 6.82. The molecule has 0 saturated carbocycles. The molecule has 2 unspecified atom stereocenters. The van der Waals surface area contributed by atoms with Crippen LogP contribution in [0.25, 0.3) is 0 Å². The number of benzene rings is 2. The van der Waals surface area contributed by atoms with Crippen LogP contribution in [0.3, 0.4) is 0 Å². The lowest BCUT2D eigenvalue weighted by molar-refractivity contribution is -0.109. The van der Waals surface area contributed by atoms with Crippen molar-refractivity contribution in [1.29, 1.82) is 0 Å². The van der Waals surface area contributed by atoms with Crippen LogP contribution in [0, 0.1) is 0 Å². The molecule has 0 amide bonds. The lowest BCUT2D eigenvalue weighted by atomic mass is 9.99. The lowest BCUT2D eigenvalue weighted by Gasteiger charge is -2.18. The van der Waals surface area contributed by atoms with Gasteiger partial charge < -0.3 is 10.2 Å². The molecular weight excluding hydrogens is 308 g/mol. The fourth-order valence-corrected chi connectivity index (χ4v) is 3.01. The average molecular weight is 330 g/mol. The van der Waals surface area contributed by atoms with Crippen LogP contribution in [0.5, 0.6) is 0 Å². The van der Waals surface area contributed by atoms with Crippen LogP contribution in [-0.2, 0) is 11.2 Å². The normalized spacial score (nSPS) is 13.5. The summed E-state index contributed by atoms with van der Waals surface area (Å²) in [5, 5.41) is 20.2. The van der Waals surface area contributed by atoms with Crippen LogP contribution in [0.4, 0.5) is 0 Å². The van der Waals surface area contributed by atoms with Crippen molar-refractivity contribution in [3.05, 3.63) is 71.3 Å². The maximum Gasteiger partial charge on any atom is 0.185 e. The lowest BCUT2D eigenvalue weighted by Crippen LogP contribution is -2.19. The van der Waals surface area contributed by atoms with Crippen LogP contribution in [-0.4, -0.2) is 27.2 Å². The van der Waals surface area contributed by atoms with Crippen molar-refractivity contribution in [2.45, 2.75) is 32.0 Å². The van der Waals surface area contributed by atoms with Gasteiger partial charge in [0, 0.05) is 12.7 Å². The standard InChI is InChI=1S/C19H22O3S/c1-14(20)23-12-11-18(21)19(22)17-9-7-16(8-10-17)13-15-5-3-2-4-6-15/h2-10,18-19,21-22H,11-13H2,1H3. The van der Waals surface area contributed by atoms with E-state index in [1.165, 1.54) is 24.2 Å². The van der Waals surface area contributed by atoms with Gasteiger partial charge in [-0.1, -0.05) is 66.4 Å². The summed E-state index contributed by atoms with van der Waals surface area (Å²) in [6, 6.07) is 17.8. The Morgan fingerprint density at radius 2 is 1.61 bits per heavy atom. The van der Waals surface area contributed by atoms with Gasteiger partial charge in [0.2, 0.25) is 0 Å². The largest absolute Gasteiger partial charge is 0.390 e. The molecule has 122 valence electrons. The molecule has 0 bridgehead atoms. The molecule has 23 heavy (non-hydrogen) atoms. The second-order valence-electron chi connectivity index (χ2n) is 5.54. The summed E-state index contributed by atoms with van der Waals surface area (Å²) in [5.41, 5.74) is 3.10. The summed E-state index contributed by atoms with van der Waals surface area (Å²) in [6.07, 6.45) is -0.554. The molecule has 0 aliphatic carbocycles. The predicted octanol–water partition coefficient (Wildman–Crippen LogP) is 3.34. The Morgan fingerprint density at radius 1 is 1.00 bits per heavy atom. The smallest absolute Gasteiger partial charge is 0.185 e. The quantitative estimate of drug-likeness (QED) is 0.817. The maximum absolute atomic E-state index is 10.9. The molecule has 0 fully saturated rings. The molecular formula is C19H22O3S. The minimum atomic E-state index is -0.923. The van der Waals surface area contributed by atoms with E-state index in [-0.39, 0.29) is 5.12 Å². The molecule has 0 aliphatic rings. The Kier molecular flexibility index (Phi) is 6.84. The van der Waals surface area contributed by atoms with E-state index in [1.54, 1.807) is 0 Å². The molecule has 2 N–H and O–H groups in total. The SMILES string of the molecule is CC(=O)SCCC(O)C(O)c1ccc(Cc2ccccc2)cc1. The van der Waals surface area contributed by atoms with E-state index in [0.717, 1.165) is 12.0 Å². The van der Waals surface area contributed by atoms with Crippen molar-refractivity contribution in [3.63, 3.8) is 0 Å². The molecule has 3 nitrogen and oxygen atoms in total. The zero-order chi connectivity index (χ0) is 16.7. The Balaban J connectivity index is 1.91. The van der Waals surface area contributed by atoms with Gasteiger partial charge in [-0.15, -0.1) is 0 Å². The van der Waals surface area contributed by atoms with Crippen LogP contribution in [0.15, 0.2) is 54.6 Å². The summed E-state index contributed by atoms with van der Waals surface area (Å²) in [5.74, 6) is 0.514. The molecule has 0 heterocycles. The third kappa shape index (κ3) is 5.82. The minimum absolute atomic E-state index is 0.0250. The van der Waals surface area contributed by atoms with Crippen molar-refractivity contribution in [2.24, 2.45) is 0 Å². The Hall–Kier alpha value is -1.62. The number of thioether (sulfide) groups is 1. The predicted molar refractivity (Wildman–Crippen MR) is 94.4 cm³/mol. The molecule has 2 aromatic rings. The molecule has 4 heteroatoms. The van der Waals surface area contributed by atoms with Crippen LogP contribution in [0.2, 0.25) is 0 Å². The molecule has 0 radical (unpaired) electrons. The summed E-state index contributed by atoms with van der Waals surface area (Å²) in [7, 11) is 0. The van der Waals surface area contributed by atoms with Crippen molar-refractivity contribution in [2.75, 3.05) is 5.75 Å². The number of hydrogen-bond donors (Lipinski definition) is 2. The minimum Gasteiger partial charge on any atom is -0.390 e. The third-order valence-corrected chi connectivity index (χ3v) is 4.50. The third-order valence-electron chi connectivity index (χ3n) is 3.66. The van der Waals surface area contributed by atoms with Gasteiger partial charge in [-0.3, -0.25) is 4.79 Å². The summed E-state index contributed by atoms with van der Waals surface area (Å²) in [4.78, 5) is 10.9. The van der Waals surface area contributed by atoms with Gasteiger partial charge in [0.25, 0.3) is 0 Å². The first-order valence-corrected chi connectivity index (χ1v) is 8.67. The first-order valence-electron chi connectivity index (χ1n) is 7.68. The van der Waals surface area contributed by atoms with Gasteiger partial charge in [0.15, 0.2) is 5.12 Å². The average Bonchev–Trinajstić information content (AvgIpc) is 2.55. The zero-order valence-corrected chi connectivity index (χ0v) is 14.0. The molecule has 2 aromatic carbocycles. The van der Waals surface area contributed by atoms with E-state index in [0.29, 0.717) is 17.7 Å².